The van der Waals surface area contributed by atoms with Crippen LogP contribution in [0.3, 0.4) is 0 Å². The number of carboxylic acids is 1. The molecule has 15 nitrogen and oxygen atoms in total. The van der Waals surface area contributed by atoms with Crippen LogP contribution in [0.4, 0.5) is 4.79 Å². The van der Waals surface area contributed by atoms with Crippen LogP contribution < -0.4 is 4.74 Å². The maximum atomic E-state index is 12.4. The Morgan fingerprint density at radius 3 is 2.49 bits per heavy atom. The van der Waals surface area contributed by atoms with Crippen LogP contribution in [0.5, 0.6) is 6.01 Å². The number of tetrazole rings is 1. The van der Waals surface area contributed by atoms with Crippen LogP contribution in [0.25, 0.3) is 33.5 Å². The van der Waals surface area contributed by atoms with Gasteiger partial charge in [-0.05, 0) is 41.0 Å². The van der Waals surface area contributed by atoms with E-state index in [0.717, 1.165) is 21.5 Å². The van der Waals surface area contributed by atoms with E-state index < -0.39 is 17.1 Å². The number of aromatic carboxylic acids is 1. The van der Waals surface area contributed by atoms with Crippen molar-refractivity contribution in [3.63, 3.8) is 0 Å². The van der Waals surface area contributed by atoms with Gasteiger partial charge in [0, 0.05) is 17.1 Å². The predicted molar refractivity (Wildman–Crippen MR) is 163 cm³/mol. The van der Waals surface area contributed by atoms with E-state index in [9.17, 15) is 24.8 Å². The predicted octanol–water partition coefficient (Wildman–Crippen LogP) is 4.43. The number of thioether (sulfide) groups is 1. The standard InChI is InChI=1S/C29H27N7O8S/c1-2-42-28-30-24-9-5-8-23(27(37)38)25(24)34(28)18-19-10-12-20(13-11-19)21-6-3-4-7-22(21)26-31-33-35(32-26)29(39)43-14-16-45-17-15-44-36(40)41/h3-13H,2,14-18H2,1H3,(H,37,38). The van der Waals surface area contributed by atoms with Crippen molar-refractivity contribution in [2.24, 2.45) is 0 Å². The van der Waals surface area contributed by atoms with Crippen molar-refractivity contribution in [1.29, 1.82) is 0 Å². The van der Waals surface area contributed by atoms with Crippen LogP contribution in [-0.2, 0) is 16.1 Å². The third-order valence-electron chi connectivity index (χ3n) is 6.46. The lowest BCUT2D eigenvalue weighted by atomic mass is 9.98. The molecule has 2 heterocycles. The summed E-state index contributed by atoms with van der Waals surface area (Å²) < 4.78 is 12.7. The van der Waals surface area contributed by atoms with Crippen molar-refractivity contribution >= 4 is 34.9 Å². The van der Waals surface area contributed by atoms with Gasteiger partial charge < -0.3 is 19.4 Å². The zero-order chi connectivity index (χ0) is 31.8. The third-order valence-corrected chi connectivity index (χ3v) is 7.37. The van der Waals surface area contributed by atoms with Crippen LogP contribution in [0, 0.1) is 10.1 Å². The molecule has 0 saturated heterocycles. The monoisotopic (exact) mass is 633 g/mol. The molecule has 45 heavy (non-hydrogen) atoms. The molecule has 0 aliphatic heterocycles. The molecule has 0 spiro atoms. The summed E-state index contributed by atoms with van der Waals surface area (Å²) in [7, 11) is 0. The van der Waals surface area contributed by atoms with Gasteiger partial charge in [-0.25, -0.2) is 9.59 Å². The fourth-order valence-electron chi connectivity index (χ4n) is 4.54. The van der Waals surface area contributed by atoms with Gasteiger partial charge in [0.1, 0.15) is 13.2 Å². The molecule has 0 bridgehead atoms. The van der Waals surface area contributed by atoms with E-state index in [1.54, 1.807) is 22.8 Å². The first-order valence-corrected chi connectivity index (χ1v) is 14.9. The SMILES string of the molecule is CCOc1nc2cccc(C(=O)O)c2n1Cc1ccc(-c2ccccc2-c2nnn(C(=O)OCCSCCO[N+](=O)[O-])n2)cc1. The van der Waals surface area contributed by atoms with Crippen molar-refractivity contribution in [1.82, 2.24) is 29.8 Å². The van der Waals surface area contributed by atoms with Gasteiger partial charge in [-0.2, -0.15) is 16.7 Å². The molecule has 16 heteroatoms. The molecule has 2 aromatic heterocycles. The first-order chi connectivity index (χ1) is 21.9. The lowest BCUT2D eigenvalue weighted by Gasteiger charge is -2.12. The van der Waals surface area contributed by atoms with Crippen molar-refractivity contribution in [3.05, 3.63) is 88.0 Å². The van der Waals surface area contributed by atoms with Crippen molar-refractivity contribution < 1.29 is 34.1 Å². The molecule has 1 N–H and O–H groups in total. The Bertz CT molecular complexity index is 1820. The van der Waals surface area contributed by atoms with E-state index in [1.165, 1.54) is 11.8 Å². The van der Waals surface area contributed by atoms with Crippen molar-refractivity contribution in [2.45, 2.75) is 13.5 Å². The molecule has 0 unspecified atom stereocenters. The highest BCUT2D eigenvalue weighted by molar-refractivity contribution is 7.99. The number of para-hydroxylation sites is 1. The Morgan fingerprint density at radius 2 is 1.76 bits per heavy atom. The minimum Gasteiger partial charge on any atom is -0.478 e. The average molecular weight is 634 g/mol. The highest BCUT2D eigenvalue weighted by Gasteiger charge is 2.20. The largest absolute Gasteiger partial charge is 0.478 e. The summed E-state index contributed by atoms with van der Waals surface area (Å²) in [4.78, 5) is 44.0. The van der Waals surface area contributed by atoms with Gasteiger partial charge >= 0.3 is 12.1 Å². The molecule has 0 amide bonds. The molecule has 3 aromatic carbocycles. The Hall–Kier alpha value is -5.51. The fraction of sp³-hybridized carbons (Fsp3) is 0.241. The zero-order valence-corrected chi connectivity index (χ0v) is 24.8. The number of hydrogen-bond donors (Lipinski definition) is 1. The molecule has 0 aliphatic carbocycles. The zero-order valence-electron chi connectivity index (χ0n) is 23.9. The quantitative estimate of drug-likeness (QED) is 0.103. The molecule has 0 saturated carbocycles. The molecule has 5 aromatic rings. The highest BCUT2D eigenvalue weighted by Crippen LogP contribution is 2.31. The van der Waals surface area contributed by atoms with E-state index in [-0.39, 0.29) is 24.6 Å². The second-order valence-corrected chi connectivity index (χ2v) is 10.5. The van der Waals surface area contributed by atoms with Crippen LogP contribution in [0.15, 0.2) is 66.7 Å². The Balaban J connectivity index is 1.30. The van der Waals surface area contributed by atoms with E-state index in [2.05, 4.69) is 25.2 Å². The maximum absolute atomic E-state index is 12.4. The smallest absolute Gasteiger partial charge is 0.453 e. The second kappa shape index (κ2) is 14.3. The number of benzene rings is 3. The van der Waals surface area contributed by atoms with Crippen LogP contribution in [0.1, 0.15) is 22.8 Å². The summed E-state index contributed by atoms with van der Waals surface area (Å²) in [5.41, 5.74) is 4.37. The van der Waals surface area contributed by atoms with Crippen molar-refractivity contribution in [2.75, 3.05) is 31.3 Å². The lowest BCUT2D eigenvalue weighted by molar-refractivity contribution is -0.756. The van der Waals surface area contributed by atoms with Crippen molar-refractivity contribution in [3.8, 4) is 28.5 Å². The van der Waals surface area contributed by atoms with Gasteiger partial charge in [0.05, 0.1) is 29.7 Å². The van der Waals surface area contributed by atoms with E-state index in [0.29, 0.717) is 47.3 Å². The van der Waals surface area contributed by atoms with Crippen LogP contribution >= 0.6 is 11.8 Å². The summed E-state index contributed by atoms with van der Waals surface area (Å²) in [6, 6.07) is 20.4. The Kier molecular flexibility index (Phi) is 9.83. The van der Waals surface area contributed by atoms with Crippen LogP contribution in [0.2, 0.25) is 0 Å². The number of fused-ring (bicyclic) bond motifs is 1. The van der Waals surface area contributed by atoms with Gasteiger partial charge in [0.2, 0.25) is 5.82 Å². The Labute approximate surface area is 259 Å². The number of ether oxygens (including phenoxy) is 2. The molecular weight excluding hydrogens is 606 g/mol. The third kappa shape index (κ3) is 7.35. The highest BCUT2D eigenvalue weighted by atomic mass is 32.2. The molecule has 0 radical (unpaired) electrons. The van der Waals surface area contributed by atoms with Gasteiger partial charge in [0.25, 0.3) is 11.1 Å². The molecule has 0 aliphatic rings. The fourth-order valence-corrected chi connectivity index (χ4v) is 5.14. The minimum absolute atomic E-state index is 0.0496. The topological polar surface area (TPSA) is 187 Å². The number of carboxylic acid groups (broad SMARTS) is 1. The number of hydrogen-bond acceptors (Lipinski definition) is 12. The van der Waals surface area contributed by atoms with E-state index >= 15 is 0 Å². The second-order valence-electron chi connectivity index (χ2n) is 9.32. The summed E-state index contributed by atoms with van der Waals surface area (Å²) in [5.74, 6) is -0.0294. The molecule has 0 atom stereocenters. The van der Waals surface area contributed by atoms with Gasteiger partial charge in [0.15, 0.2) is 0 Å². The summed E-state index contributed by atoms with van der Waals surface area (Å²) >= 11 is 1.33. The molecule has 232 valence electrons. The number of aromatic nitrogens is 6. The molecular formula is C29H27N7O8S. The molecule has 5 rings (SSSR count). The Morgan fingerprint density at radius 1 is 1.00 bits per heavy atom. The summed E-state index contributed by atoms with van der Waals surface area (Å²) in [6.07, 6.45) is -0.803. The number of rotatable bonds is 14. The summed E-state index contributed by atoms with van der Waals surface area (Å²) in [6.45, 7) is 2.56. The van der Waals surface area contributed by atoms with Gasteiger partial charge in [-0.3, -0.25) is 4.57 Å². The number of carbonyl (C=O) groups is 2. The average Bonchev–Trinajstić information content (AvgIpc) is 3.66. The number of carbonyl (C=O) groups excluding carboxylic acids is 1. The number of imidazole rings is 1. The lowest BCUT2D eigenvalue weighted by Crippen LogP contribution is -2.18. The first-order valence-electron chi connectivity index (χ1n) is 13.7. The maximum Gasteiger partial charge on any atom is 0.453 e. The van der Waals surface area contributed by atoms with Gasteiger partial charge in [-0.1, -0.05) is 59.4 Å². The molecule has 0 fully saturated rings. The van der Waals surface area contributed by atoms with Crippen LogP contribution in [-0.4, -0.2) is 83.3 Å². The van der Waals surface area contributed by atoms with Gasteiger partial charge in [-0.15, -0.1) is 20.3 Å². The van der Waals surface area contributed by atoms with E-state index in [1.807, 2.05) is 55.5 Å². The normalized spacial score (nSPS) is 11.0. The summed E-state index contributed by atoms with van der Waals surface area (Å²) in [5, 5.41) is 31.2. The first kappa shape index (κ1) is 30.9. The minimum atomic E-state index is -1.05. The van der Waals surface area contributed by atoms with E-state index in [4.69, 9.17) is 9.47 Å². The number of nitrogens with zero attached hydrogens (tertiary/aromatic N) is 7.